The second-order valence-electron chi connectivity index (χ2n) is 8.42. The molecular formula is C23H25FN2O4S. The van der Waals surface area contributed by atoms with Crippen LogP contribution in [0.15, 0.2) is 41.3 Å². The van der Waals surface area contributed by atoms with Crippen molar-refractivity contribution in [2.24, 2.45) is 11.8 Å². The molecule has 1 aliphatic heterocycles. The van der Waals surface area contributed by atoms with Gasteiger partial charge < -0.3 is 0 Å². The van der Waals surface area contributed by atoms with Crippen LogP contribution < -0.4 is 4.72 Å². The predicted molar refractivity (Wildman–Crippen MR) is 114 cm³/mol. The fraction of sp³-hybridized carbons (Fsp3) is 0.391. The molecule has 1 saturated heterocycles. The summed E-state index contributed by atoms with van der Waals surface area (Å²) in [6.07, 6.45) is 3.38. The van der Waals surface area contributed by atoms with Gasteiger partial charge in [-0.15, -0.1) is 0 Å². The van der Waals surface area contributed by atoms with E-state index >= 15 is 0 Å². The minimum absolute atomic E-state index is 0.0586. The highest BCUT2D eigenvalue weighted by Gasteiger charge is 2.47. The van der Waals surface area contributed by atoms with Crippen LogP contribution in [0, 0.1) is 31.5 Å². The Morgan fingerprint density at radius 1 is 0.968 bits per heavy atom. The molecule has 2 aliphatic rings. The van der Waals surface area contributed by atoms with Crippen molar-refractivity contribution >= 4 is 27.5 Å². The van der Waals surface area contributed by atoms with E-state index in [1.165, 1.54) is 29.2 Å². The van der Waals surface area contributed by atoms with E-state index in [1.54, 1.807) is 26.0 Å². The molecule has 0 unspecified atom stereocenters. The number of aryl methyl sites for hydroxylation is 2. The van der Waals surface area contributed by atoms with Crippen LogP contribution >= 0.6 is 0 Å². The Bertz CT molecular complexity index is 1140. The second-order valence-corrected chi connectivity index (χ2v) is 10.1. The molecule has 2 aromatic rings. The van der Waals surface area contributed by atoms with Gasteiger partial charge in [0.25, 0.3) is 10.0 Å². The molecule has 1 heterocycles. The monoisotopic (exact) mass is 444 g/mol. The SMILES string of the molecule is Cc1cc(F)ccc1NS(=O)(=O)c1cc(CN2C(=O)[C@@H]3CCCC[C@H]3C2=O)ccc1C. The zero-order valence-corrected chi connectivity index (χ0v) is 18.3. The molecule has 0 aromatic heterocycles. The zero-order valence-electron chi connectivity index (χ0n) is 17.5. The van der Waals surface area contributed by atoms with E-state index in [1.807, 2.05) is 0 Å². The third-order valence-electron chi connectivity index (χ3n) is 6.25. The van der Waals surface area contributed by atoms with Crippen LogP contribution in [-0.2, 0) is 26.2 Å². The van der Waals surface area contributed by atoms with Gasteiger partial charge in [-0.2, -0.15) is 0 Å². The van der Waals surface area contributed by atoms with E-state index in [0.29, 0.717) is 22.4 Å². The summed E-state index contributed by atoms with van der Waals surface area (Å²) in [5.41, 5.74) is 1.86. The number of fused-ring (bicyclic) bond motifs is 1. The molecule has 0 bridgehead atoms. The van der Waals surface area contributed by atoms with Crippen molar-refractivity contribution in [3.8, 4) is 0 Å². The summed E-state index contributed by atoms with van der Waals surface area (Å²) < 4.78 is 41.9. The average Bonchev–Trinajstić information content (AvgIpc) is 2.96. The molecule has 31 heavy (non-hydrogen) atoms. The third kappa shape index (κ3) is 4.08. The lowest BCUT2D eigenvalue weighted by Gasteiger charge is -2.19. The van der Waals surface area contributed by atoms with Crippen molar-refractivity contribution in [3.63, 3.8) is 0 Å². The number of likely N-dealkylation sites (tertiary alicyclic amines) is 1. The molecule has 2 atom stereocenters. The lowest BCUT2D eigenvalue weighted by atomic mass is 9.81. The van der Waals surface area contributed by atoms with Gasteiger partial charge in [0.1, 0.15) is 5.82 Å². The maximum absolute atomic E-state index is 13.4. The van der Waals surface area contributed by atoms with Gasteiger partial charge in [0, 0.05) is 0 Å². The molecule has 2 amide bonds. The number of anilines is 1. The summed E-state index contributed by atoms with van der Waals surface area (Å²) in [4.78, 5) is 26.8. The Kier molecular flexibility index (Phi) is 5.60. The largest absolute Gasteiger partial charge is 0.279 e. The molecular weight excluding hydrogens is 419 g/mol. The van der Waals surface area contributed by atoms with Gasteiger partial charge in [0.2, 0.25) is 11.8 Å². The quantitative estimate of drug-likeness (QED) is 0.709. The van der Waals surface area contributed by atoms with Gasteiger partial charge in [-0.1, -0.05) is 25.0 Å². The molecule has 6 nitrogen and oxygen atoms in total. The maximum atomic E-state index is 13.4. The Balaban J connectivity index is 1.60. The van der Waals surface area contributed by atoms with E-state index in [2.05, 4.69) is 4.72 Å². The number of hydrogen-bond donors (Lipinski definition) is 1. The standard InChI is InChI=1S/C23H25FN2O4S/c1-14-7-8-16(13-26-22(27)18-5-3-4-6-19(18)23(26)28)12-21(14)31(29,30)25-20-10-9-17(24)11-15(20)2/h7-12,18-19,25H,3-6,13H2,1-2H3/t18-,19-/m1/s1. The van der Waals surface area contributed by atoms with Crippen molar-refractivity contribution in [2.45, 2.75) is 51.0 Å². The first-order valence-corrected chi connectivity index (χ1v) is 11.9. The highest BCUT2D eigenvalue weighted by molar-refractivity contribution is 7.92. The number of imide groups is 1. The summed E-state index contributed by atoms with van der Waals surface area (Å²) in [6.45, 7) is 3.36. The number of benzene rings is 2. The molecule has 164 valence electrons. The van der Waals surface area contributed by atoms with Gasteiger partial charge in [0.05, 0.1) is 29.0 Å². The number of carbonyl (C=O) groups excluding carboxylic acids is 2. The fourth-order valence-electron chi connectivity index (χ4n) is 4.54. The van der Waals surface area contributed by atoms with Gasteiger partial charge in [-0.25, -0.2) is 12.8 Å². The van der Waals surface area contributed by atoms with Crippen LogP contribution in [0.25, 0.3) is 0 Å². The molecule has 0 spiro atoms. The molecule has 2 fully saturated rings. The van der Waals surface area contributed by atoms with Crippen LogP contribution in [0.4, 0.5) is 10.1 Å². The summed E-state index contributed by atoms with van der Waals surface area (Å²) in [7, 11) is -3.94. The van der Waals surface area contributed by atoms with Crippen LogP contribution in [0.2, 0.25) is 0 Å². The van der Waals surface area contributed by atoms with E-state index in [0.717, 1.165) is 25.7 Å². The van der Waals surface area contributed by atoms with Crippen LogP contribution in [0.3, 0.4) is 0 Å². The van der Waals surface area contributed by atoms with Crippen molar-refractivity contribution in [2.75, 3.05) is 4.72 Å². The van der Waals surface area contributed by atoms with E-state index < -0.39 is 15.8 Å². The molecule has 2 aromatic carbocycles. The number of nitrogens with zero attached hydrogens (tertiary/aromatic N) is 1. The topological polar surface area (TPSA) is 83.6 Å². The van der Waals surface area contributed by atoms with E-state index in [-0.39, 0.29) is 35.1 Å². The fourth-order valence-corrected chi connectivity index (χ4v) is 5.97. The molecule has 1 saturated carbocycles. The van der Waals surface area contributed by atoms with Crippen LogP contribution in [0.1, 0.15) is 42.4 Å². The average molecular weight is 445 g/mol. The van der Waals surface area contributed by atoms with Crippen molar-refractivity contribution in [1.82, 2.24) is 4.90 Å². The third-order valence-corrected chi connectivity index (χ3v) is 7.76. The lowest BCUT2D eigenvalue weighted by Crippen LogP contribution is -2.30. The Hall–Kier alpha value is -2.74. The van der Waals surface area contributed by atoms with E-state index in [4.69, 9.17) is 0 Å². The first-order valence-electron chi connectivity index (χ1n) is 10.4. The lowest BCUT2D eigenvalue weighted by molar-refractivity contribution is -0.140. The van der Waals surface area contributed by atoms with Crippen LogP contribution in [-0.4, -0.2) is 25.1 Å². The number of halogens is 1. The van der Waals surface area contributed by atoms with Crippen molar-refractivity contribution < 1.29 is 22.4 Å². The summed E-state index contributed by atoms with van der Waals surface area (Å²) in [5, 5.41) is 0. The normalized spacial score (nSPS) is 21.3. The van der Waals surface area contributed by atoms with Gasteiger partial charge in [-0.05, 0) is 67.6 Å². The number of sulfonamides is 1. The van der Waals surface area contributed by atoms with Crippen molar-refractivity contribution in [3.05, 3.63) is 58.9 Å². The van der Waals surface area contributed by atoms with E-state index in [9.17, 15) is 22.4 Å². The number of carbonyl (C=O) groups is 2. The Morgan fingerprint density at radius 3 is 2.23 bits per heavy atom. The van der Waals surface area contributed by atoms with Crippen molar-refractivity contribution in [1.29, 1.82) is 0 Å². The molecule has 1 aliphatic carbocycles. The number of rotatable bonds is 5. The first-order chi connectivity index (χ1) is 14.7. The molecule has 4 rings (SSSR count). The molecule has 8 heteroatoms. The number of nitrogens with one attached hydrogen (secondary N) is 1. The van der Waals surface area contributed by atoms with Crippen LogP contribution in [0.5, 0.6) is 0 Å². The van der Waals surface area contributed by atoms with Gasteiger partial charge in [-0.3, -0.25) is 19.2 Å². The molecule has 0 radical (unpaired) electrons. The molecule has 1 N–H and O–H groups in total. The van der Waals surface area contributed by atoms with Gasteiger partial charge >= 0.3 is 0 Å². The minimum atomic E-state index is -3.94. The highest BCUT2D eigenvalue weighted by Crippen LogP contribution is 2.38. The summed E-state index contributed by atoms with van der Waals surface area (Å²) >= 11 is 0. The summed E-state index contributed by atoms with van der Waals surface area (Å²) in [6, 6.07) is 8.73. The first kappa shape index (κ1) is 21.5. The number of hydrogen-bond acceptors (Lipinski definition) is 4. The number of amides is 2. The summed E-state index contributed by atoms with van der Waals surface area (Å²) in [5.74, 6) is -1.23. The Morgan fingerprint density at radius 2 is 1.61 bits per heavy atom. The highest BCUT2D eigenvalue weighted by atomic mass is 32.2. The minimum Gasteiger partial charge on any atom is -0.279 e. The smallest absolute Gasteiger partial charge is 0.262 e. The zero-order chi connectivity index (χ0) is 22.3. The predicted octanol–water partition coefficient (Wildman–Crippen LogP) is 3.92. The Labute approximate surface area is 181 Å². The second kappa shape index (κ2) is 8.07. The van der Waals surface area contributed by atoms with Gasteiger partial charge in [0.15, 0.2) is 0 Å². The maximum Gasteiger partial charge on any atom is 0.262 e.